The van der Waals surface area contributed by atoms with E-state index in [1.807, 2.05) is 24.3 Å². The highest BCUT2D eigenvalue weighted by molar-refractivity contribution is 5.82. The van der Waals surface area contributed by atoms with Gasteiger partial charge in [-0.25, -0.2) is 4.79 Å². The summed E-state index contributed by atoms with van der Waals surface area (Å²) < 4.78 is 5.56. The minimum absolute atomic E-state index is 0.0117. The van der Waals surface area contributed by atoms with Gasteiger partial charge in [0.25, 0.3) is 0 Å². The Labute approximate surface area is 198 Å². The first-order valence-electron chi connectivity index (χ1n) is 12.1. The van der Waals surface area contributed by atoms with Gasteiger partial charge in [-0.1, -0.05) is 55.0 Å². The van der Waals surface area contributed by atoms with Gasteiger partial charge in [0.05, 0.1) is 5.92 Å². The summed E-state index contributed by atoms with van der Waals surface area (Å²) in [5.41, 5.74) is 4.71. The molecule has 3 aliphatic rings. The Morgan fingerprint density at radius 2 is 1.50 bits per heavy atom. The highest BCUT2D eigenvalue weighted by atomic mass is 16.5. The molecule has 0 aromatic heterocycles. The number of carboxylic acid groups (broad SMARTS) is 1. The van der Waals surface area contributed by atoms with E-state index in [0.29, 0.717) is 19.5 Å². The van der Waals surface area contributed by atoms with E-state index in [0.717, 1.165) is 19.3 Å². The highest BCUT2D eigenvalue weighted by Gasteiger charge is 2.43. The fraction of sp³-hybridized carbons (Fsp3) is 0.444. The Bertz CT molecular complexity index is 1050. The lowest BCUT2D eigenvalue weighted by molar-refractivity contribution is -0.143. The summed E-state index contributed by atoms with van der Waals surface area (Å²) in [6.45, 7) is 1.08. The zero-order valence-electron chi connectivity index (χ0n) is 19.0. The van der Waals surface area contributed by atoms with Crippen LogP contribution in [0.1, 0.15) is 42.7 Å². The van der Waals surface area contributed by atoms with Crippen molar-refractivity contribution >= 4 is 18.0 Å². The second kappa shape index (κ2) is 9.49. The van der Waals surface area contributed by atoms with Crippen LogP contribution in [-0.2, 0) is 14.3 Å². The molecule has 2 amide bonds. The molecule has 3 N–H and O–H groups in total. The SMILES string of the molecule is O=C(NCC1CC1C(=O)NC[C@@H]1CCC[C@@H]1C(=O)O)OCC1c2ccccc2-c2ccccc21. The molecular weight excluding hydrogens is 432 g/mol. The zero-order valence-corrected chi connectivity index (χ0v) is 19.0. The molecule has 7 nitrogen and oxygen atoms in total. The largest absolute Gasteiger partial charge is 0.481 e. The molecule has 0 heterocycles. The van der Waals surface area contributed by atoms with Gasteiger partial charge in [0.1, 0.15) is 6.61 Å². The molecule has 5 rings (SSSR count). The van der Waals surface area contributed by atoms with Crippen LogP contribution in [0, 0.1) is 23.7 Å². The van der Waals surface area contributed by atoms with Gasteiger partial charge in [0.15, 0.2) is 0 Å². The Morgan fingerprint density at radius 3 is 2.18 bits per heavy atom. The lowest BCUT2D eigenvalue weighted by atomic mass is 9.96. The molecule has 0 spiro atoms. The van der Waals surface area contributed by atoms with Gasteiger partial charge in [-0.05, 0) is 53.4 Å². The number of aliphatic carboxylic acids is 1. The average molecular weight is 463 g/mol. The van der Waals surface area contributed by atoms with Gasteiger partial charge in [-0.15, -0.1) is 0 Å². The number of fused-ring (bicyclic) bond motifs is 3. The number of benzene rings is 2. The second-order valence-electron chi connectivity index (χ2n) is 9.69. The summed E-state index contributed by atoms with van der Waals surface area (Å²) in [5, 5.41) is 15.0. The molecule has 2 aromatic carbocycles. The molecule has 0 bridgehead atoms. The van der Waals surface area contributed by atoms with Crippen LogP contribution in [-0.4, -0.2) is 42.8 Å². The number of carboxylic acids is 1. The van der Waals surface area contributed by atoms with E-state index in [9.17, 15) is 19.5 Å². The predicted octanol–water partition coefficient (Wildman–Crippen LogP) is 3.78. The number of hydrogen-bond donors (Lipinski definition) is 3. The van der Waals surface area contributed by atoms with Crippen LogP contribution >= 0.6 is 0 Å². The molecule has 0 saturated heterocycles. The van der Waals surface area contributed by atoms with Crippen molar-refractivity contribution in [2.75, 3.05) is 19.7 Å². The molecule has 34 heavy (non-hydrogen) atoms. The topological polar surface area (TPSA) is 105 Å². The molecule has 0 aliphatic heterocycles. The molecular formula is C27H30N2O5. The quantitative estimate of drug-likeness (QED) is 0.554. The number of rotatable bonds is 8. The van der Waals surface area contributed by atoms with Gasteiger partial charge < -0.3 is 20.5 Å². The zero-order chi connectivity index (χ0) is 23.7. The van der Waals surface area contributed by atoms with E-state index in [4.69, 9.17) is 4.74 Å². The Hall–Kier alpha value is -3.35. The van der Waals surface area contributed by atoms with Crippen LogP contribution in [0.2, 0.25) is 0 Å². The monoisotopic (exact) mass is 462 g/mol. The van der Waals surface area contributed by atoms with E-state index in [1.165, 1.54) is 22.3 Å². The van der Waals surface area contributed by atoms with E-state index in [-0.39, 0.29) is 42.1 Å². The molecule has 2 aromatic rings. The molecule has 0 radical (unpaired) electrons. The average Bonchev–Trinajstić information content (AvgIpc) is 3.34. The highest BCUT2D eigenvalue weighted by Crippen LogP contribution is 2.44. The normalized spacial score (nSPS) is 24.7. The van der Waals surface area contributed by atoms with Crippen molar-refractivity contribution in [2.24, 2.45) is 23.7 Å². The molecule has 2 fully saturated rings. The molecule has 4 atom stereocenters. The van der Waals surface area contributed by atoms with Crippen molar-refractivity contribution < 1.29 is 24.2 Å². The van der Waals surface area contributed by atoms with Gasteiger partial charge >= 0.3 is 12.1 Å². The van der Waals surface area contributed by atoms with Gasteiger partial charge in [-0.3, -0.25) is 9.59 Å². The standard InChI is InChI=1S/C27H30N2O5/c30-25(28-13-16-6-5-11-18(16)26(31)32)23-12-17(23)14-29-27(33)34-15-24-21-9-3-1-7-19(21)20-8-2-4-10-22(20)24/h1-4,7-10,16-18,23-24H,5-6,11-15H2,(H,28,30)(H,29,33)(H,31,32)/t16-,17?,18-,23?/m0/s1. The first-order chi connectivity index (χ1) is 16.5. The van der Waals surface area contributed by atoms with Crippen molar-refractivity contribution in [3.05, 3.63) is 59.7 Å². The van der Waals surface area contributed by atoms with Crippen molar-refractivity contribution in [3.8, 4) is 11.1 Å². The van der Waals surface area contributed by atoms with Crippen molar-refractivity contribution in [1.29, 1.82) is 0 Å². The third-order valence-electron chi connectivity index (χ3n) is 7.63. The van der Waals surface area contributed by atoms with Crippen LogP contribution in [0.15, 0.2) is 48.5 Å². The van der Waals surface area contributed by atoms with E-state index < -0.39 is 12.1 Å². The van der Waals surface area contributed by atoms with E-state index in [1.54, 1.807) is 0 Å². The Morgan fingerprint density at radius 1 is 0.853 bits per heavy atom. The summed E-state index contributed by atoms with van der Waals surface area (Å²) >= 11 is 0. The van der Waals surface area contributed by atoms with Gasteiger partial charge in [0, 0.05) is 24.9 Å². The number of nitrogens with one attached hydrogen (secondary N) is 2. The summed E-state index contributed by atoms with van der Waals surface area (Å²) in [5.74, 6) is -1.17. The van der Waals surface area contributed by atoms with Crippen molar-refractivity contribution in [1.82, 2.24) is 10.6 Å². The number of carbonyl (C=O) groups is 3. The maximum atomic E-state index is 12.4. The van der Waals surface area contributed by atoms with Gasteiger partial charge in [-0.2, -0.15) is 0 Å². The fourth-order valence-corrected chi connectivity index (χ4v) is 5.63. The Balaban J connectivity index is 1.06. The summed E-state index contributed by atoms with van der Waals surface area (Å²) in [4.78, 5) is 36.1. The number of carbonyl (C=O) groups excluding carboxylic acids is 2. The molecule has 3 aliphatic carbocycles. The second-order valence-corrected chi connectivity index (χ2v) is 9.69. The minimum Gasteiger partial charge on any atom is -0.481 e. The van der Waals surface area contributed by atoms with Crippen LogP contribution in [0.3, 0.4) is 0 Å². The van der Waals surface area contributed by atoms with E-state index in [2.05, 4.69) is 34.9 Å². The molecule has 2 saturated carbocycles. The molecule has 7 heteroatoms. The summed E-state index contributed by atoms with van der Waals surface area (Å²) in [6.07, 6.45) is 2.68. The van der Waals surface area contributed by atoms with Crippen LogP contribution in [0.5, 0.6) is 0 Å². The van der Waals surface area contributed by atoms with Crippen LogP contribution in [0.4, 0.5) is 4.79 Å². The smallest absolute Gasteiger partial charge is 0.407 e. The lowest BCUT2D eigenvalue weighted by Gasteiger charge is -2.16. The number of alkyl carbamates (subject to hydrolysis) is 1. The van der Waals surface area contributed by atoms with Crippen molar-refractivity contribution in [2.45, 2.75) is 31.6 Å². The first-order valence-corrected chi connectivity index (χ1v) is 12.1. The molecule has 178 valence electrons. The van der Waals surface area contributed by atoms with E-state index >= 15 is 0 Å². The molecule has 2 unspecified atom stereocenters. The van der Waals surface area contributed by atoms with Crippen LogP contribution < -0.4 is 10.6 Å². The summed E-state index contributed by atoms with van der Waals surface area (Å²) in [7, 11) is 0. The predicted molar refractivity (Wildman–Crippen MR) is 126 cm³/mol. The fourth-order valence-electron chi connectivity index (χ4n) is 5.63. The summed E-state index contributed by atoms with van der Waals surface area (Å²) in [6, 6.07) is 16.4. The Kier molecular flexibility index (Phi) is 6.26. The third-order valence-corrected chi connectivity index (χ3v) is 7.63. The number of hydrogen-bond acceptors (Lipinski definition) is 4. The maximum Gasteiger partial charge on any atom is 0.407 e. The minimum atomic E-state index is -0.770. The first kappa shape index (κ1) is 22.4. The number of amides is 2. The lowest BCUT2D eigenvalue weighted by Crippen LogP contribution is -2.35. The van der Waals surface area contributed by atoms with Crippen molar-refractivity contribution in [3.63, 3.8) is 0 Å². The number of ether oxygens (including phenoxy) is 1. The third kappa shape index (κ3) is 4.52. The maximum absolute atomic E-state index is 12.4. The van der Waals surface area contributed by atoms with Crippen LogP contribution in [0.25, 0.3) is 11.1 Å². The van der Waals surface area contributed by atoms with Gasteiger partial charge in [0.2, 0.25) is 5.91 Å².